The minimum atomic E-state index is -0.760. The first kappa shape index (κ1) is 18.7. The molecule has 2 aliphatic rings. The van der Waals surface area contributed by atoms with E-state index in [1.165, 1.54) is 0 Å². The molecule has 0 radical (unpaired) electrons. The summed E-state index contributed by atoms with van der Waals surface area (Å²) in [6.07, 6.45) is 3.25. The first-order valence-corrected chi connectivity index (χ1v) is 10.7. The maximum absolute atomic E-state index is 13.7. The second-order valence-corrected chi connectivity index (χ2v) is 7.95. The van der Waals surface area contributed by atoms with Gasteiger partial charge in [-0.05, 0) is 36.2 Å². The molecule has 30 heavy (non-hydrogen) atoms. The number of para-hydroxylation sites is 2. The van der Waals surface area contributed by atoms with Crippen molar-refractivity contribution in [2.45, 2.75) is 31.6 Å². The molecule has 152 valence electrons. The average Bonchev–Trinajstić information content (AvgIpc) is 3.27. The lowest BCUT2D eigenvalue weighted by Crippen LogP contribution is -2.42. The molecule has 1 amide bonds. The van der Waals surface area contributed by atoms with Crippen molar-refractivity contribution in [2.75, 3.05) is 18.1 Å². The summed E-state index contributed by atoms with van der Waals surface area (Å²) in [5, 5.41) is 0. The van der Waals surface area contributed by atoms with E-state index in [-0.39, 0.29) is 5.91 Å². The summed E-state index contributed by atoms with van der Waals surface area (Å²) in [5.74, 6) is 2.32. The Bertz CT molecular complexity index is 1080. The summed E-state index contributed by atoms with van der Waals surface area (Å²) in [7, 11) is 0. The topological polar surface area (TPSA) is 38.8 Å². The molecule has 2 heterocycles. The van der Waals surface area contributed by atoms with Crippen molar-refractivity contribution in [3.63, 3.8) is 0 Å². The van der Waals surface area contributed by atoms with Gasteiger partial charge in [-0.3, -0.25) is 4.79 Å². The molecule has 4 nitrogen and oxygen atoms in total. The van der Waals surface area contributed by atoms with Crippen LogP contribution in [0.5, 0.6) is 17.2 Å². The number of carbonyl (C=O) groups is 1. The Morgan fingerprint density at radius 3 is 2.57 bits per heavy atom. The maximum Gasteiger partial charge on any atom is 0.245 e. The summed E-state index contributed by atoms with van der Waals surface area (Å²) in [5.41, 5.74) is 2.23. The molecule has 0 saturated heterocycles. The number of carbonyl (C=O) groups excluding carboxylic acids is 1. The summed E-state index contributed by atoms with van der Waals surface area (Å²) in [4.78, 5) is 15.7. The fourth-order valence-electron chi connectivity index (χ4n) is 4.59. The van der Waals surface area contributed by atoms with Crippen LogP contribution in [0.3, 0.4) is 0 Å². The van der Waals surface area contributed by atoms with Crippen LogP contribution in [-0.2, 0) is 10.2 Å². The van der Waals surface area contributed by atoms with Crippen LogP contribution in [0.2, 0.25) is 0 Å². The molecule has 3 aromatic carbocycles. The van der Waals surface area contributed by atoms with Crippen LogP contribution >= 0.6 is 0 Å². The zero-order chi connectivity index (χ0) is 20.6. The van der Waals surface area contributed by atoms with Crippen LogP contribution in [0.1, 0.15) is 37.3 Å². The van der Waals surface area contributed by atoms with Crippen molar-refractivity contribution in [1.82, 2.24) is 0 Å². The van der Waals surface area contributed by atoms with E-state index in [4.69, 9.17) is 9.47 Å². The fraction of sp³-hybridized carbons (Fsp3) is 0.269. The zero-order valence-corrected chi connectivity index (χ0v) is 17.1. The molecule has 1 atom stereocenters. The smallest absolute Gasteiger partial charge is 0.245 e. The average molecular weight is 399 g/mol. The molecular formula is C26H25NO3. The van der Waals surface area contributed by atoms with E-state index < -0.39 is 5.41 Å². The van der Waals surface area contributed by atoms with Crippen molar-refractivity contribution in [3.8, 4) is 17.2 Å². The van der Waals surface area contributed by atoms with Crippen LogP contribution in [0.25, 0.3) is 0 Å². The lowest BCUT2D eigenvalue weighted by molar-refractivity contribution is -0.122. The zero-order valence-electron chi connectivity index (χ0n) is 17.1. The Morgan fingerprint density at radius 2 is 1.73 bits per heavy atom. The molecule has 0 saturated carbocycles. The van der Waals surface area contributed by atoms with Gasteiger partial charge in [0.1, 0.15) is 29.3 Å². The van der Waals surface area contributed by atoms with Gasteiger partial charge in [0.2, 0.25) is 5.91 Å². The number of anilines is 1. The SMILES string of the molecule is CCCCCN1C(=O)[C@]2(COc3cc(Oc4ccccc4)ccc32)c2ccccc21. The van der Waals surface area contributed by atoms with E-state index in [0.29, 0.717) is 12.4 Å². The van der Waals surface area contributed by atoms with Gasteiger partial charge in [0.05, 0.1) is 0 Å². The lowest BCUT2D eigenvalue weighted by Gasteiger charge is -2.23. The molecule has 0 fully saturated rings. The summed E-state index contributed by atoms with van der Waals surface area (Å²) < 4.78 is 12.1. The number of amides is 1. The number of unbranched alkanes of at least 4 members (excludes halogenated alkanes) is 2. The monoisotopic (exact) mass is 399 g/mol. The molecule has 1 spiro atoms. The van der Waals surface area contributed by atoms with Crippen molar-refractivity contribution in [3.05, 3.63) is 83.9 Å². The largest absolute Gasteiger partial charge is 0.491 e. The number of ether oxygens (including phenoxy) is 2. The minimum Gasteiger partial charge on any atom is -0.491 e. The van der Waals surface area contributed by atoms with Gasteiger partial charge >= 0.3 is 0 Å². The second kappa shape index (κ2) is 7.52. The van der Waals surface area contributed by atoms with Crippen molar-refractivity contribution in [2.24, 2.45) is 0 Å². The first-order chi connectivity index (χ1) is 14.7. The normalized spacial score (nSPS) is 19.0. The first-order valence-electron chi connectivity index (χ1n) is 10.7. The quantitative estimate of drug-likeness (QED) is 0.500. The predicted molar refractivity (Wildman–Crippen MR) is 118 cm³/mol. The third-order valence-electron chi connectivity index (χ3n) is 6.09. The van der Waals surface area contributed by atoms with Gasteiger partial charge in [-0.1, -0.05) is 62.2 Å². The van der Waals surface area contributed by atoms with E-state index in [2.05, 4.69) is 19.1 Å². The van der Waals surface area contributed by atoms with E-state index >= 15 is 0 Å². The van der Waals surface area contributed by atoms with E-state index in [1.54, 1.807) is 0 Å². The van der Waals surface area contributed by atoms with Crippen LogP contribution < -0.4 is 14.4 Å². The Kier molecular flexibility index (Phi) is 4.70. The predicted octanol–water partition coefficient (Wildman–Crippen LogP) is 5.69. The number of rotatable bonds is 6. The van der Waals surface area contributed by atoms with Crippen LogP contribution in [0.15, 0.2) is 72.8 Å². The standard InChI is InChI=1S/C26H25NO3/c1-2-3-9-16-27-23-13-8-7-12-21(23)26(25(27)28)18-29-24-17-20(14-15-22(24)26)30-19-10-5-4-6-11-19/h4-8,10-15,17H,2-3,9,16,18H2,1H3/t26-/m1/s1. The van der Waals surface area contributed by atoms with Gasteiger partial charge in [0.25, 0.3) is 0 Å². The van der Waals surface area contributed by atoms with Gasteiger partial charge < -0.3 is 14.4 Å². The third-order valence-corrected chi connectivity index (χ3v) is 6.09. The molecule has 5 rings (SSSR count). The van der Waals surface area contributed by atoms with E-state index in [1.807, 2.05) is 65.6 Å². The van der Waals surface area contributed by atoms with E-state index in [9.17, 15) is 4.79 Å². The summed E-state index contributed by atoms with van der Waals surface area (Å²) >= 11 is 0. The highest BCUT2D eigenvalue weighted by Gasteiger charge is 2.56. The van der Waals surface area contributed by atoms with E-state index in [0.717, 1.165) is 54.1 Å². The molecule has 2 aliphatic heterocycles. The van der Waals surface area contributed by atoms with Crippen LogP contribution in [0, 0.1) is 0 Å². The molecule has 0 unspecified atom stereocenters. The molecule has 3 aromatic rings. The van der Waals surface area contributed by atoms with Crippen molar-refractivity contribution < 1.29 is 14.3 Å². The summed E-state index contributed by atoms with van der Waals surface area (Å²) in [6, 6.07) is 23.6. The summed E-state index contributed by atoms with van der Waals surface area (Å²) in [6.45, 7) is 3.25. The number of benzene rings is 3. The minimum absolute atomic E-state index is 0.121. The van der Waals surface area contributed by atoms with Gasteiger partial charge in [0.15, 0.2) is 0 Å². The van der Waals surface area contributed by atoms with Gasteiger partial charge in [-0.15, -0.1) is 0 Å². The highest BCUT2D eigenvalue weighted by molar-refractivity contribution is 6.11. The molecule has 0 N–H and O–H groups in total. The Hall–Kier alpha value is -3.27. The molecule has 0 aromatic heterocycles. The second-order valence-electron chi connectivity index (χ2n) is 7.95. The maximum atomic E-state index is 13.7. The molecule has 4 heteroatoms. The number of fused-ring (bicyclic) bond motifs is 4. The number of nitrogens with zero attached hydrogens (tertiary/aromatic N) is 1. The Labute approximate surface area is 177 Å². The number of hydrogen-bond acceptors (Lipinski definition) is 3. The van der Waals surface area contributed by atoms with Gasteiger partial charge in [0, 0.05) is 23.9 Å². The van der Waals surface area contributed by atoms with Crippen molar-refractivity contribution >= 4 is 11.6 Å². The Balaban J connectivity index is 1.51. The highest BCUT2D eigenvalue weighted by Crippen LogP contribution is 2.53. The fourth-order valence-corrected chi connectivity index (χ4v) is 4.59. The molecule has 0 bridgehead atoms. The Morgan fingerprint density at radius 1 is 0.933 bits per heavy atom. The molecule has 0 aliphatic carbocycles. The van der Waals surface area contributed by atoms with Crippen molar-refractivity contribution in [1.29, 1.82) is 0 Å². The third kappa shape index (κ3) is 2.86. The van der Waals surface area contributed by atoms with Gasteiger partial charge in [-0.25, -0.2) is 0 Å². The molecular weight excluding hydrogens is 374 g/mol. The van der Waals surface area contributed by atoms with Crippen LogP contribution in [0.4, 0.5) is 5.69 Å². The lowest BCUT2D eigenvalue weighted by atomic mass is 9.77. The number of hydrogen-bond donors (Lipinski definition) is 0. The van der Waals surface area contributed by atoms with Gasteiger partial charge in [-0.2, -0.15) is 0 Å². The van der Waals surface area contributed by atoms with Crippen LogP contribution in [-0.4, -0.2) is 19.1 Å². The highest BCUT2D eigenvalue weighted by atomic mass is 16.5.